The molecule has 1 aromatic carbocycles. The van der Waals surface area contributed by atoms with Crippen molar-refractivity contribution in [2.45, 2.75) is 32.4 Å². The van der Waals surface area contributed by atoms with Crippen LogP contribution in [0.25, 0.3) is 11.3 Å². The molecule has 5 rings (SSSR count). The van der Waals surface area contributed by atoms with Gasteiger partial charge in [-0.25, -0.2) is 4.98 Å². The minimum absolute atomic E-state index is 0.0332. The SMILES string of the molecule is COc1ncc(-c2cc3c(n2C(C)C)C(c2ccc(Cl)cc2)N(C2=CCC(=O)C(Cl)=C2)C3=O)c(OC)n1. The highest BCUT2D eigenvalue weighted by Gasteiger charge is 2.44. The highest BCUT2D eigenvalue weighted by molar-refractivity contribution is 6.43. The molecule has 1 aliphatic heterocycles. The fourth-order valence-corrected chi connectivity index (χ4v) is 5.17. The number of ketones is 1. The van der Waals surface area contributed by atoms with Crippen LogP contribution in [-0.4, -0.2) is 45.3 Å². The summed E-state index contributed by atoms with van der Waals surface area (Å²) >= 11 is 12.4. The van der Waals surface area contributed by atoms with Gasteiger partial charge < -0.3 is 14.0 Å². The van der Waals surface area contributed by atoms with Crippen LogP contribution in [0.4, 0.5) is 0 Å². The molecule has 1 aliphatic carbocycles. The van der Waals surface area contributed by atoms with Gasteiger partial charge in [0.05, 0.1) is 41.8 Å². The number of amides is 1. The molecule has 2 aromatic heterocycles. The summed E-state index contributed by atoms with van der Waals surface area (Å²) in [6.07, 6.45) is 5.05. The Balaban J connectivity index is 1.75. The Morgan fingerprint density at radius 2 is 1.78 bits per heavy atom. The van der Waals surface area contributed by atoms with Crippen LogP contribution in [0.5, 0.6) is 11.9 Å². The molecule has 0 N–H and O–H groups in total. The lowest BCUT2D eigenvalue weighted by Crippen LogP contribution is -2.30. The summed E-state index contributed by atoms with van der Waals surface area (Å²) in [5, 5.41) is 0.689. The van der Waals surface area contributed by atoms with Gasteiger partial charge in [-0.15, -0.1) is 0 Å². The van der Waals surface area contributed by atoms with Gasteiger partial charge in [0, 0.05) is 29.4 Å². The molecule has 10 heteroatoms. The molecule has 1 atom stereocenters. The van der Waals surface area contributed by atoms with Crippen molar-refractivity contribution in [2.24, 2.45) is 0 Å². The Morgan fingerprint density at radius 1 is 1.05 bits per heavy atom. The van der Waals surface area contributed by atoms with Crippen molar-refractivity contribution in [2.75, 3.05) is 14.2 Å². The standard InChI is InChI=1S/C27H24Cl2N4O4/c1-14(2)32-21(19-13-30-27(37-4)31-25(19)36-3)12-18-24(32)23(15-5-7-16(28)8-6-15)33(26(18)35)17-9-10-22(34)20(29)11-17/h5-9,11-14,23H,10H2,1-4H3. The maximum atomic E-state index is 14.0. The van der Waals surface area contributed by atoms with E-state index in [1.165, 1.54) is 14.2 Å². The minimum Gasteiger partial charge on any atom is -0.480 e. The van der Waals surface area contributed by atoms with E-state index in [2.05, 4.69) is 14.5 Å². The zero-order valence-electron chi connectivity index (χ0n) is 20.7. The van der Waals surface area contributed by atoms with Gasteiger partial charge in [-0.3, -0.25) is 14.5 Å². The summed E-state index contributed by atoms with van der Waals surface area (Å²) in [6, 6.07) is 8.89. The van der Waals surface area contributed by atoms with Crippen molar-refractivity contribution < 1.29 is 19.1 Å². The molecule has 3 heterocycles. The fraction of sp³-hybridized carbons (Fsp3) is 0.259. The smallest absolute Gasteiger partial charge is 0.319 e. The lowest BCUT2D eigenvalue weighted by molar-refractivity contribution is -0.114. The number of fused-ring (bicyclic) bond motifs is 1. The number of hydrogen-bond donors (Lipinski definition) is 0. The van der Waals surface area contributed by atoms with Gasteiger partial charge in [0.15, 0.2) is 5.78 Å². The number of halogens is 2. The average molecular weight is 539 g/mol. The van der Waals surface area contributed by atoms with Gasteiger partial charge in [0.2, 0.25) is 5.88 Å². The summed E-state index contributed by atoms with van der Waals surface area (Å²) in [7, 11) is 3.01. The van der Waals surface area contributed by atoms with Crippen LogP contribution in [0.2, 0.25) is 5.02 Å². The molecule has 8 nitrogen and oxygen atoms in total. The number of rotatable bonds is 6. The maximum absolute atomic E-state index is 14.0. The molecule has 0 bridgehead atoms. The van der Waals surface area contributed by atoms with Crippen LogP contribution in [0.15, 0.2) is 59.4 Å². The molecule has 37 heavy (non-hydrogen) atoms. The first-order chi connectivity index (χ1) is 17.7. The molecule has 0 radical (unpaired) electrons. The van der Waals surface area contributed by atoms with Gasteiger partial charge in [0.1, 0.15) is 6.04 Å². The van der Waals surface area contributed by atoms with Crippen molar-refractivity contribution in [3.05, 3.63) is 81.3 Å². The number of aromatic nitrogens is 3. The van der Waals surface area contributed by atoms with Gasteiger partial charge in [-0.1, -0.05) is 41.4 Å². The molecular formula is C27H24Cl2N4O4. The summed E-state index contributed by atoms with van der Waals surface area (Å²) < 4.78 is 12.8. The third-order valence-electron chi connectivity index (χ3n) is 6.44. The van der Waals surface area contributed by atoms with Crippen LogP contribution in [0, 0.1) is 0 Å². The summed E-state index contributed by atoms with van der Waals surface area (Å²) in [4.78, 5) is 36.4. The number of hydrogen-bond acceptors (Lipinski definition) is 6. The molecule has 0 saturated carbocycles. The molecule has 2 aliphatic rings. The lowest BCUT2D eigenvalue weighted by atomic mass is 10.0. The van der Waals surface area contributed by atoms with Gasteiger partial charge in [-0.2, -0.15) is 4.98 Å². The highest BCUT2D eigenvalue weighted by atomic mass is 35.5. The van der Waals surface area contributed by atoms with E-state index in [0.29, 0.717) is 27.7 Å². The van der Waals surface area contributed by atoms with E-state index in [0.717, 1.165) is 17.0 Å². The Labute approximate surface area is 224 Å². The molecular weight excluding hydrogens is 515 g/mol. The van der Waals surface area contributed by atoms with Crippen LogP contribution in [0.1, 0.15) is 54.0 Å². The first-order valence-electron chi connectivity index (χ1n) is 11.6. The third-order valence-corrected chi connectivity index (χ3v) is 7.02. The van der Waals surface area contributed by atoms with E-state index in [9.17, 15) is 9.59 Å². The number of methoxy groups -OCH3 is 2. The summed E-state index contributed by atoms with van der Waals surface area (Å²) in [6.45, 7) is 4.09. The molecule has 0 fully saturated rings. The predicted octanol–water partition coefficient (Wildman–Crippen LogP) is 5.72. The number of nitrogens with zero attached hydrogens (tertiary/aromatic N) is 4. The summed E-state index contributed by atoms with van der Waals surface area (Å²) in [5.41, 5.74) is 4.15. The Morgan fingerprint density at radius 3 is 2.41 bits per heavy atom. The minimum atomic E-state index is -0.485. The first-order valence-corrected chi connectivity index (χ1v) is 12.4. The van der Waals surface area contributed by atoms with E-state index in [1.54, 1.807) is 35.4 Å². The lowest BCUT2D eigenvalue weighted by Gasteiger charge is -2.30. The molecule has 0 spiro atoms. The highest BCUT2D eigenvalue weighted by Crippen LogP contribution is 2.47. The van der Waals surface area contributed by atoms with Crippen molar-refractivity contribution in [1.82, 2.24) is 19.4 Å². The quantitative estimate of drug-likeness (QED) is 0.398. The number of allylic oxidation sites excluding steroid dienone is 3. The van der Waals surface area contributed by atoms with E-state index in [-0.39, 0.29) is 35.2 Å². The van der Waals surface area contributed by atoms with E-state index in [4.69, 9.17) is 32.7 Å². The van der Waals surface area contributed by atoms with Crippen LogP contribution < -0.4 is 9.47 Å². The molecule has 3 aromatic rings. The Bertz CT molecular complexity index is 1470. The van der Waals surface area contributed by atoms with Crippen LogP contribution >= 0.6 is 23.2 Å². The fourth-order valence-electron chi connectivity index (χ4n) is 4.85. The van der Waals surface area contributed by atoms with E-state index < -0.39 is 6.04 Å². The number of benzene rings is 1. The van der Waals surface area contributed by atoms with Crippen molar-refractivity contribution in [3.63, 3.8) is 0 Å². The van der Waals surface area contributed by atoms with Gasteiger partial charge in [0.25, 0.3) is 5.91 Å². The van der Waals surface area contributed by atoms with E-state index in [1.807, 2.05) is 32.0 Å². The second kappa shape index (κ2) is 9.68. The zero-order chi connectivity index (χ0) is 26.4. The van der Waals surface area contributed by atoms with Gasteiger partial charge in [-0.05, 0) is 43.7 Å². The van der Waals surface area contributed by atoms with Gasteiger partial charge >= 0.3 is 6.01 Å². The predicted molar refractivity (Wildman–Crippen MR) is 140 cm³/mol. The monoisotopic (exact) mass is 538 g/mol. The molecule has 0 saturated heterocycles. The zero-order valence-corrected chi connectivity index (χ0v) is 22.2. The third kappa shape index (κ3) is 4.20. The van der Waals surface area contributed by atoms with Crippen molar-refractivity contribution in [3.8, 4) is 23.1 Å². The van der Waals surface area contributed by atoms with Crippen molar-refractivity contribution >= 4 is 34.9 Å². The second-order valence-electron chi connectivity index (χ2n) is 8.95. The topological polar surface area (TPSA) is 86.6 Å². The molecule has 1 unspecified atom stereocenters. The van der Waals surface area contributed by atoms with E-state index >= 15 is 0 Å². The van der Waals surface area contributed by atoms with Crippen LogP contribution in [-0.2, 0) is 4.79 Å². The Hall–Kier alpha value is -3.62. The first kappa shape index (κ1) is 25.0. The number of carbonyl (C=O) groups excluding carboxylic acids is 2. The van der Waals surface area contributed by atoms with Crippen molar-refractivity contribution in [1.29, 1.82) is 0 Å². The van der Waals surface area contributed by atoms with Crippen LogP contribution in [0.3, 0.4) is 0 Å². The number of ether oxygens (including phenoxy) is 2. The average Bonchev–Trinajstić information content (AvgIpc) is 3.41. The normalized spacial score (nSPS) is 17.2. The largest absolute Gasteiger partial charge is 0.480 e. The second-order valence-corrected chi connectivity index (χ2v) is 9.79. The Kier molecular flexibility index (Phi) is 6.56. The molecule has 190 valence electrons. The maximum Gasteiger partial charge on any atom is 0.319 e. The number of carbonyl (C=O) groups is 2. The summed E-state index contributed by atoms with van der Waals surface area (Å²) in [5.74, 6) is -0.0519. The number of Topliss-reactive ketones (excluding diaryl/α,β-unsaturated/α-hetero) is 1. The molecule has 1 amide bonds.